The SMILES string of the molecule is COc1ccc(CCNc2ncnc(Nc3ccc(Br)cn3)c2N)cc1OC. The molecule has 0 saturated heterocycles. The molecule has 1 aromatic carbocycles. The lowest BCUT2D eigenvalue weighted by Gasteiger charge is -2.13. The average Bonchev–Trinajstić information content (AvgIpc) is 2.72. The van der Waals surface area contributed by atoms with Crippen LogP contribution in [0, 0.1) is 0 Å². The van der Waals surface area contributed by atoms with E-state index in [2.05, 4.69) is 41.5 Å². The molecule has 146 valence electrons. The Kier molecular flexibility index (Phi) is 6.49. The van der Waals surface area contributed by atoms with Gasteiger partial charge in [-0.25, -0.2) is 15.0 Å². The lowest BCUT2D eigenvalue weighted by molar-refractivity contribution is 0.354. The zero-order valence-electron chi connectivity index (χ0n) is 15.6. The number of ether oxygens (including phenoxy) is 2. The van der Waals surface area contributed by atoms with E-state index in [0.717, 1.165) is 16.5 Å². The van der Waals surface area contributed by atoms with Gasteiger partial charge < -0.3 is 25.8 Å². The van der Waals surface area contributed by atoms with Gasteiger partial charge in [-0.2, -0.15) is 0 Å². The third-order valence-electron chi connectivity index (χ3n) is 4.01. The minimum Gasteiger partial charge on any atom is -0.493 e. The number of nitrogens with one attached hydrogen (secondary N) is 2. The minimum atomic E-state index is 0.430. The molecule has 0 atom stereocenters. The lowest BCUT2D eigenvalue weighted by Crippen LogP contribution is -2.11. The summed E-state index contributed by atoms with van der Waals surface area (Å²) in [5, 5.41) is 6.34. The van der Waals surface area contributed by atoms with Gasteiger partial charge >= 0.3 is 0 Å². The van der Waals surface area contributed by atoms with Crippen molar-refractivity contribution in [3.8, 4) is 11.5 Å². The summed E-state index contributed by atoms with van der Waals surface area (Å²) in [7, 11) is 3.24. The van der Waals surface area contributed by atoms with Crippen molar-refractivity contribution in [2.75, 3.05) is 37.1 Å². The molecule has 3 aromatic rings. The van der Waals surface area contributed by atoms with Crippen LogP contribution in [0.2, 0.25) is 0 Å². The molecule has 0 aliphatic heterocycles. The van der Waals surface area contributed by atoms with Crippen LogP contribution < -0.4 is 25.8 Å². The van der Waals surface area contributed by atoms with Crippen LogP contribution in [0.3, 0.4) is 0 Å². The highest BCUT2D eigenvalue weighted by Gasteiger charge is 2.09. The molecule has 0 radical (unpaired) electrons. The summed E-state index contributed by atoms with van der Waals surface area (Å²) in [4.78, 5) is 12.7. The molecule has 2 aromatic heterocycles. The van der Waals surface area contributed by atoms with Crippen LogP contribution in [0.1, 0.15) is 5.56 Å². The largest absolute Gasteiger partial charge is 0.493 e. The van der Waals surface area contributed by atoms with E-state index in [9.17, 15) is 0 Å². The van der Waals surface area contributed by atoms with Crippen molar-refractivity contribution >= 4 is 39.1 Å². The van der Waals surface area contributed by atoms with Gasteiger partial charge in [0.25, 0.3) is 0 Å². The number of methoxy groups -OCH3 is 2. The predicted molar refractivity (Wildman–Crippen MR) is 113 cm³/mol. The summed E-state index contributed by atoms with van der Waals surface area (Å²) in [6.45, 7) is 0.646. The number of nitrogens with two attached hydrogens (primary N) is 1. The first-order valence-corrected chi connectivity index (χ1v) is 9.34. The second kappa shape index (κ2) is 9.23. The first-order chi connectivity index (χ1) is 13.6. The average molecular weight is 445 g/mol. The minimum absolute atomic E-state index is 0.430. The number of anilines is 4. The second-order valence-electron chi connectivity index (χ2n) is 5.84. The molecule has 9 heteroatoms. The van der Waals surface area contributed by atoms with Crippen LogP contribution in [0.5, 0.6) is 11.5 Å². The van der Waals surface area contributed by atoms with Crippen molar-refractivity contribution in [2.24, 2.45) is 0 Å². The summed E-state index contributed by atoms with van der Waals surface area (Å²) in [6.07, 6.45) is 3.92. The molecular weight excluding hydrogens is 424 g/mol. The Labute approximate surface area is 171 Å². The predicted octanol–water partition coefficient (Wildman–Crippen LogP) is 3.63. The summed E-state index contributed by atoms with van der Waals surface area (Å²) in [5.74, 6) is 3.12. The number of pyridine rings is 1. The van der Waals surface area contributed by atoms with Crippen LogP contribution in [-0.2, 0) is 6.42 Å². The highest BCUT2D eigenvalue weighted by molar-refractivity contribution is 9.10. The van der Waals surface area contributed by atoms with Gasteiger partial charge in [-0.1, -0.05) is 6.07 Å². The molecule has 0 aliphatic carbocycles. The monoisotopic (exact) mass is 444 g/mol. The van der Waals surface area contributed by atoms with Crippen molar-refractivity contribution in [3.63, 3.8) is 0 Å². The van der Waals surface area contributed by atoms with Crippen LogP contribution >= 0.6 is 15.9 Å². The molecule has 0 fully saturated rings. The Morgan fingerprint density at radius 3 is 2.50 bits per heavy atom. The number of hydrogen-bond donors (Lipinski definition) is 3. The Bertz CT molecular complexity index is 936. The smallest absolute Gasteiger partial charge is 0.160 e. The number of halogens is 1. The highest BCUT2D eigenvalue weighted by atomic mass is 79.9. The molecule has 0 amide bonds. The third-order valence-corrected chi connectivity index (χ3v) is 4.48. The molecular formula is C19H21BrN6O2. The zero-order valence-corrected chi connectivity index (χ0v) is 17.2. The maximum atomic E-state index is 6.20. The molecule has 0 unspecified atom stereocenters. The first kappa shape index (κ1) is 19.7. The van der Waals surface area contributed by atoms with Crippen molar-refractivity contribution < 1.29 is 9.47 Å². The molecule has 0 spiro atoms. The summed E-state index contributed by atoms with van der Waals surface area (Å²) in [6, 6.07) is 9.56. The number of aromatic nitrogens is 3. The van der Waals surface area contributed by atoms with Gasteiger partial charge in [-0.15, -0.1) is 0 Å². The van der Waals surface area contributed by atoms with Gasteiger partial charge in [0.05, 0.1) is 14.2 Å². The van der Waals surface area contributed by atoms with Gasteiger partial charge in [0.15, 0.2) is 23.1 Å². The normalized spacial score (nSPS) is 10.4. The van der Waals surface area contributed by atoms with E-state index in [1.54, 1.807) is 20.4 Å². The van der Waals surface area contributed by atoms with E-state index < -0.39 is 0 Å². The van der Waals surface area contributed by atoms with Gasteiger partial charge in [0.1, 0.15) is 17.8 Å². The summed E-state index contributed by atoms with van der Waals surface area (Å²) < 4.78 is 11.5. The van der Waals surface area contributed by atoms with Crippen LogP contribution in [0.4, 0.5) is 23.1 Å². The fourth-order valence-electron chi connectivity index (χ4n) is 2.57. The van der Waals surface area contributed by atoms with Gasteiger partial charge in [-0.05, 0) is 52.2 Å². The van der Waals surface area contributed by atoms with E-state index >= 15 is 0 Å². The lowest BCUT2D eigenvalue weighted by atomic mass is 10.1. The standard InChI is InChI=1S/C19H21BrN6O2/c1-27-14-5-3-12(9-15(14)28-2)7-8-22-18-17(21)19(25-11-24-18)26-16-6-4-13(20)10-23-16/h3-6,9-11H,7-8,21H2,1-2H3,(H2,22,23,24,25,26). The van der Waals surface area contributed by atoms with Crippen molar-refractivity contribution in [1.29, 1.82) is 0 Å². The Morgan fingerprint density at radius 2 is 1.79 bits per heavy atom. The molecule has 2 heterocycles. The van der Waals surface area contributed by atoms with E-state index in [1.807, 2.05) is 30.3 Å². The van der Waals surface area contributed by atoms with Crippen molar-refractivity contribution in [1.82, 2.24) is 15.0 Å². The van der Waals surface area contributed by atoms with E-state index in [0.29, 0.717) is 41.2 Å². The number of benzene rings is 1. The molecule has 4 N–H and O–H groups in total. The quantitative estimate of drug-likeness (QED) is 0.483. The van der Waals surface area contributed by atoms with Crippen LogP contribution in [0.25, 0.3) is 0 Å². The van der Waals surface area contributed by atoms with Gasteiger partial charge in [-0.3, -0.25) is 0 Å². The number of nitrogens with zero attached hydrogens (tertiary/aromatic N) is 3. The second-order valence-corrected chi connectivity index (χ2v) is 6.75. The molecule has 0 saturated carbocycles. The molecule has 3 rings (SSSR count). The fraction of sp³-hybridized carbons (Fsp3) is 0.211. The van der Waals surface area contributed by atoms with Crippen LogP contribution in [-0.4, -0.2) is 35.7 Å². The van der Waals surface area contributed by atoms with Crippen molar-refractivity contribution in [2.45, 2.75) is 6.42 Å². The van der Waals surface area contributed by atoms with Crippen LogP contribution in [0.15, 0.2) is 47.3 Å². The Balaban J connectivity index is 1.64. The Morgan fingerprint density at radius 1 is 1.00 bits per heavy atom. The number of rotatable bonds is 8. The maximum Gasteiger partial charge on any atom is 0.160 e. The van der Waals surface area contributed by atoms with E-state index in [4.69, 9.17) is 15.2 Å². The maximum absolute atomic E-state index is 6.20. The number of hydrogen-bond acceptors (Lipinski definition) is 8. The molecule has 0 aliphatic rings. The summed E-state index contributed by atoms with van der Waals surface area (Å²) in [5.41, 5.74) is 7.74. The molecule has 0 bridgehead atoms. The first-order valence-electron chi connectivity index (χ1n) is 8.54. The molecule has 8 nitrogen and oxygen atoms in total. The van der Waals surface area contributed by atoms with Gasteiger partial charge in [0.2, 0.25) is 0 Å². The third kappa shape index (κ3) is 4.80. The highest BCUT2D eigenvalue weighted by Crippen LogP contribution is 2.28. The molecule has 28 heavy (non-hydrogen) atoms. The van der Waals surface area contributed by atoms with Crippen molar-refractivity contribution in [3.05, 3.63) is 52.9 Å². The van der Waals surface area contributed by atoms with Gasteiger partial charge in [0, 0.05) is 17.2 Å². The fourth-order valence-corrected chi connectivity index (χ4v) is 2.80. The number of nitrogen functional groups attached to an aromatic ring is 1. The van der Waals surface area contributed by atoms with E-state index in [1.165, 1.54) is 6.33 Å². The zero-order chi connectivity index (χ0) is 19.9. The summed E-state index contributed by atoms with van der Waals surface area (Å²) >= 11 is 3.36. The Hall–Kier alpha value is -3.07. The topological polar surface area (TPSA) is 107 Å². The van der Waals surface area contributed by atoms with E-state index in [-0.39, 0.29) is 0 Å².